The fourth-order valence-corrected chi connectivity index (χ4v) is 3.64. The van der Waals surface area contributed by atoms with Crippen LogP contribution in [0.3, 0.4) is 0 Å². The molecular weight excluding hydrogens is 353 g/mol. The van der Waals surface area contributed by atoms with E-state index >= 15 is 0 Å². The molecule has 0 spiro atoms. The lowest BCUT2D eigenvalue weighted by Gasteiger charge is -2.09. The summed E-state index contributed by atoms with van der Waals surface area (Å²) in [4.78, 5) is -0.256. The third kappa shape index (κ3) is 3.76. The predicted molar refractivity (Wildman–Crippen MR) is 81.8 cm³/mol. The highest BCUT2D eigenvalue weighted by molar-refractivity contribution is 7.92. The van der Waals surface area contributed by atoms with Crippen molar-refractivity contribution in [3.8, 4) is 0 Å². The summed E-state index contributed by atoms with van der Waals surface area (Å²) in [6.45, 7) is 0. The third-order valence-corrected chi connectivity index (χ3v) is 5.49. The van der Waals surface area contributed by atoms with Crippen LogP contribution >= 0.6 is 11.6 Å². The van der Waals surface area contributed by atoms with Crippen LogP contribution in [0.25, 0.3) is 0 Å². The van der Waals surface area contributed by atoms with Crippen molar-refractivity contribution < 1.29 is 21.2 Å². The molecule has 22 heavy (non-hydrogen) atoms. The lowest BCUT2D eigenvalue weighted by Crippen LogP contribution is -2.13. The zero-order valence-corrected chi connectivity index (χ0v) is 13.6. The van der Waals surface area contributed by atoms with Gasteiger partial charge in [0, 0.05) is 6.26 Å². The summed E-state index contributed by atoms with van der Waals surface area (Å²) in [5.41, 5.74) is 0.0726. The summed E-state index contributed by atoms with van der Waals surface area (Å²) in [5, 5.41) is -0.326. The molecule has 0 saturated heterocycles. The van der Waals surface area contributed by atoms with E-state index in [0.717, 1.165) is 24.5 Å². The van der Waals surface area contributed by atoms with Gasteiger partial charge in [-0.1, -0.05) is 17.7 Å². The maximum absolute atomic E-state index is 13.1. The number of benzene rings is 2. The zero-order chi connectivity index (χ0) is 16.5. The van der Waals surface area contributed by atoms with Crippen molar-refractivity contribution in [2.24, 2.45) is 0 Å². The Kier molecular flexibility index (Phi) is 4.46. The maximum atomic E-state index is 13.1. The smallest absolute Gasteiger partial charge is 0.261 e. The molecule has 0 fully saturated rings. The molecule has 118 valence electrons. The van der Waals surface area contributed by atoms with Gasteiger partial charge in [-0.25, -0.2) is 21.2 Å². The molecule has 0 aromatic heterocycles. The highest BCUT2D eigenvalue weighted by Crippen LogP contribution is 2.23. The van der Waals surface area contributed by atoms with Gasteiger partial charge < -0.3 is 0 Å². The summed E-state index contributed by atoms with van der Waals surface area (Å²) in [5.74, 6) is -0.736. The van der Waals surface area contributed by atoms with Crippen LogP contribution in [0.5, 0.6) is 0 Å². The van der Waals surface area contributed by atoms with E-state index in [0.29, 0.717) is 0 Å². The number of rotatable bonds is 4. The van der Waals surface area contributed by atoms with Crippen LogP contribution in [0.2, 0.25) is 5.02 Å². The molecule has 2 aromatic rings. The number of halogens is 2. The Morgan fingerprint density at radius 1 is 1.00 bits per heavy atom. The van der Waals surface area contributed by atoms with Crippen LogP contribution < -0.4 is 4.72 Å². The highest BCUT2D eigenvalue weighted by Gasteiger charge is 2.17. The molecule has 0 atom stereocenters. The van der Waals surface area contributed by atoms with Crippen molar-refractivity contribution in [1.82, 2.24) is 0 Å². The normalized spacial score (nSPS) is 12.1. The first-order valence-corrected chi connectivity index (χ1v) is 9.63. The van der Waals surface area contributed by atoms with E-state index < -0.39 is 25.7 Å². The summed E-state index contributed by atoms with van der Waals surface area (Å²) in [6, 6.07) is 8.32. The molecule has 0 aliphatic heterocycles. The van der Waals surface area contributed by atoms with Crippen LogP contribution in [0.15, 0.2) is 52.3 Å². The first kappa shape index (κ1) is 16.7. The molecule has 5 nitrogen and oxygen atoms in total. The van der Waals surface area contributed by atoms with E-state index in [9.17, 15) is 21.2 Å². The van der Waals surface area contributed by atoms with Crippen LogP contribution in [-0.2, 0) is 19.9 Å². The number of hydrogen-bond acceptors (Lipinski definition) is 4. The van der Waals surface area contributed by atoms with Crippen molar-refractivity contribution in [2.75, 3.05) is 11.0 Å². The topological polar surface area (TPSA) is 80.3 Å². The Morgan fingerprint density at radius 3 is 2.27 bits per heavy atom. The number of sulfonamides is 1. The summed E-state index contributed by atoms with van der Waals surface area (Å²) < 4.78 is 62.6. The van der Waals surface area contributed by atoms with Gasteiger partial charge in [-0.2, -0.15) is 0 Å². The Bertz CT molecular complexity index is 927. The van der Waals surface area contributed by atoms with Crippen molar-refractivity contribution in [1.29, 1.82) is 0 Å². The maximum Gasteiger partial charge on any atom is 0.261 e. The minimum atomic E-state index is -4.01. The molecule has 1 N–H and O–H groups in total. The number of sulfone groups is 1. The second kappa shape index (κ2) is 5.86. The SMILES string of the molecule is CS(=O)(=O)c1cccc(NS(=O)(=O)c2ccc(F)c(Cl)c2)c1. The Labute approximate surface area is 132 Å². The first-order chi connectivity index (χ1) is 10.1. The standard InChI is InChI=1S/C13H11ClFNO4S2/c1-21(17,18)10-4-2-3-9(7-10)16-22(19,20)11-5-6-13(15)12(14)8-11/h2-8,16H,1H3. The molecule has 0 aliphatic rings. The molecule has 0 heterocycles. The lowest BCUT2D eigenvalue weighted by molar-refractivity contribution is 0.598. The lowest BCUT2D eigenvalue weighted by atomic mass is 10.3. The third-order valence-electron chi connectivity index (χ3n) is 2.72. The van der Waals surface area contributed by atoms with Gasteiger partial charge >= 0.3 is 0 Å². The van der Waals surface area contributed by atoms with Gasteiger partial charge in [0.2, 0.25) is 0 Å². The van der Waals surface area contributed by atoms with Crippen molar-refractivity contribution >= 4 is 37.1 Å². The van der Waals surface area contributed by atoms with Gasteiger partial charge in [0.25, 0.3) is 10.0 Å². The molecule has 2 aromatic carbocycles. The minimum absolute atomic E-state index is 0.0233. The van der Waals surface area contributed by atoms with E-state index in [1.807, 2.05) is 0 Å². The fourth-order valence-electron chi connectivity index (χ4n) is 1.65. The summed E-state index contributed by atoms with van der Waals surface area (Å²) in [7, 11) is -7.47. The van der Waals surface area contributed by atoms with E-state index in [4.69, 9.17) is 11.6 Å². The van der Waals surface area contributed by atoms with E-state index in [2.05, 4.69) is 4.72 Å². The zero-order valence-electron chi connectivity index (χ0n) is 11.2. The molecule has 0 amide bonds. The Hall–Kier alpha value is -1.64. The van der Waals surface area contributed by atoms with Gasteiger partial charge in [-0.05, 0) is 36.4 Å². The molecular formula is C13H11ClFNO4S2. The van der Waals surface area contributed by atoms with Gasteiger partial charge in [0.15, 0.2) is 9.84 Å². The molecule has 0 saturated carbocycles. The van der Waals surface area contributed by atoms with Crippen molar-refractivity contribution in [3.05, 3.63) is 53.3 Å². The Balaban J connectivity index is 2.39. The van der Waals surface area contributed by atoms with Gasteiger partial charge in [0.05, 0.1) is 20.5 Å². The van der Waals surface area contributed by atoms with E-state index in [1.165, 1.54) is 24.3 Å². The average Bonchev–Trinajstić information content (AvgIpc) is 2.40. The first-order valence-electron chi connectivity index (χ1n) is 5.87. The van der Waals surface area contributed by atoms with Crippen LogP contribution in [0.4, 0.5) is 10.1 Å². The van der Waals surface area contributed by atoms with Crippen LogP contribution in [0.1, 0.15) is 0 Å². The summed E-state index contributed by atoms with van der Waals surface area (Å²) >= 11 is 5.56. The van der Waals surface area contributed by atoms with Gasteiger partial charge in [-0.3, -0.25) is 4.72 Å². The van der Waals surface area contributed by atoms with Crippen molar-refractivity contribution in [2.45, 2.75) is 9.79 Å². The van der Waals surface area contributed by atoms with Crippen molar-refractivity contribution in [3.63, 3.8) is 0 Å². The molecule has 0 aliphatic carbocycles. The monoisotopic (exact) mass is 363 g/mol. The Morgan fingerprint density at radius 2 is 1.68 bits per heavy atom. The number of nitrogens with one attached hydrogen (secondary N) is 1. The predicted octanol–water partition coefficient (Wildman–Crippen LogP) is 2.68. The molecule has 0 unspecified atom stereocenters. The average molecular weight is 364 g/mol. The largest absolute Gasteiger partial charge is 0.280 e. The fraction of sp³-hybridized carbons (Fsp3) is 0.0769. The quantitative estimate of drug-likeness (QED) is 0.905. The van der Waals surface area contributed by atoms with Gasteiger partial charge in [-0.15, -0.1) is 0 Å². The summed E-state index contributed by atoms with van der Waals surface area (Å²) in [6.07, 6.45) is 1.01. The molecule has 2 rings (SSSR count). The van der Waals surface area contributed by atoms with E-state index in [1.54, 1.807) is 0 Å². The second-order valence-corrected chi connectivity index (χ2v) is 8.59. The van der Waals surface area contributed by atoms with Crippen LogP contribution in [-0.4, -0.2) is 23.1 Å². The highest BCUT2D eigenvalue weighted by atomic mass is 35.5. The number of hydrogen-bond donors (Lipinski definition) is 1. The van der Waals surface area contributed by atoms with Gasteiger partial charge in [0.1, 0.15) is 5.82 Å². The number of anilines is 1. The molecule has 9 heteroatoms. The molecule has 0 bridgehead atoms. The van der Waals surface area contributed by atoms with Crippen LogP contribution in [0, 0.1) is 5.82 Å². The second-order valence-electron chi connectivity index (χ2n) is 4.48. The molecule has 0 radical (unpaired) electrons. The van der Waals surface area contributed by atoms with E-state index in [-0.39, 0.29) is 20.5 Å². The minimum Gasteiger partial charge on any atom is -0.280 e.